The first-order chi connectivity index (χ1) is 7.90. The van der Waals surface area contributed by atoms with E-state index in [0.29, 0.717) is 22.2 Å². The van der Waals surface area contributed by atoms with E-state index in [2.05, 4.69) is 0 Å². The van der Waals surface area contributed by atoms with Crippen LogP contribution in [0.5, 0.6) is 0 Å². The normalized spacial score (nSPS) is 12.6. The third-order valence-corrected chi connectivity index (χ3v) is 2.63. The molecule has 0 amide bonds. The number of hydrogen-bond acceptors (Lipinski definition) is 3. The Kier molecular flexibility index (Phi) is 5.25. The number of likely N-dealkylation sites (N-methyl/N-ethyl adjacent to an activating group) is 1. The minimum Gasteiger partial charge on any atom is -0.458 e. The lowest BCUT2D eigenvalue weighted by Crippen LogP contribution is -2.28. The van der Waals surface area contributed by atoms with Crippen LogP contribution >= 0.6 is 23.2 Å². The van der Waals surface area contributed by atoms with Gasteiger partial charge >= 0.3 is 5.97 Å². The predicted octanol–water partition coefficient (Wildman–Crippen LogP) is 3.10. The zero-order valence-corrected chi connectivity index (χ0v) is 11.5. The number of ether oxygens (including phenoxy) is 1. The number of carbonyl (C=O) groups excluding carboxylic acids is 1. The highest BCUT2D eigenvalue weighted by molar-refractivity contribution is 6.36. The van der Waals surface area contributed by atoms with Crippen molar-refractivity contribution in [2.75, 3.05) is 20.6 Å². The van der Waals surface area contributed by atoms with E-state index in [4.69, 9.17) is 27.9 Å². The third kappa shape index (κ3) is 4.54. The van der Waals surface area contributed by atoms with Crippen LogP contribution in [0.4, 0.5) is 0 Å². The van der Waals surface area contributed by atoms with Gasteiger partial charge in [0.25, 0.3) is 0 Å². The van der Waals surface area contributed by atoms with Gasteiger partial charge in [0.2, 0.25) is 0 Å². The summed E-state index contributed by atoms with van der Waals surface area (Å²) in [6.45, 7) is 2.50. The summed E-state index contributed by atoms with van der Waals surface area (Å²) >= 11 is 11.7. The molecule has 1 aromatic carbocycles. The summed E-state index contributed by atoms with van der Waals surface area (Å²) in [7, 11) is 3.83. The van der Waals surface area contributed by atoms with E-state index in [1.165, 1.54) is 6.07 Å². The minimum atomic E-state index is -0.430. The quantitative estimate of drug-likeness (QED) is 0.791. The van der Waals surface area contributed by atoms with Crippen molar-refractivity contribution in [3.8, 4) is 0 Å². The van der Waals surface area contributed by atoms with Gasteiger partial charge in [-0.1, -0.05) is 23.2 Å². The van der Waals surface area contributed by atoms with Gasteiger partial charge in [0.05, 0.1) is 10.6 Å². The summed E-state index contributed by atoms with van der Waals surface area (Å²) < 4.78 is 5.26. The molecular formula is C12H15Cl2NO2. The smallest absolute Gasteiger partial charge is 0.339 e. The fraction of sp³-hybridized carbons (Fsp3) is 0.417. The molecule has 1 unspecified atom stereocenters. The van der Waals surface area contributed by atoms with Gasteiger partial charge in [-0.3, -0.25) is 0 Å². The van der Waals surface area contributed by atoms with Crippen LogP contribution in [0.2, 0.25) is 10.0 Å². The fourth-order valence-electron chi connectivity index (χ4n) is 1.45. The monoisotopic (exact) mass is 275 g/mol. The van der Waals surface area contributed by atoms with Crippen LogP contribution in [-0.2, 0) is 4.74 Å². The summed E-state index contributed by atoms with van der Waals surface area (Å²) in [5, 5.41) is 0.799. The molecule has 17 heavy (non-hydrogen) atoms. The molecule has 0 saturated heterocycles. The molecule has 1 rings (SSSR count). The average molecular weight is 276 g/mol. The first-order valence-corrected chi connectivity index (χ1v) is 5.96. The number of halogens is 2. The second-order valence-electron chi connectivity index (χ2n) is 4.10. The molecule has 0 fully saturated rings. The van der Waals surface area contributed by atoms with Crippen molar-refractivity contribution in [3.05, 3.63) is 33.8 Å². The van der Waals surface area contributed by atoms with Gasteiger partial charge in [0.1, 0.15) is 6.10 Å². The van der Waals surface area contributed by atoms with Gasteiger partial charge in [-0.25, -0.2) is 4.79 Å². The maximum Gasteiger partial charge on any atom is 0.339 e. The van der Waals surface area contributed by atoms with Crippen molar-refractivity contribution in [2.45, 2.75) is 13.0 Å². The van der Waals surface area contributed by atoms with Gasteiger partial charge in [0.15, 0.2) is 0 Å². The molecule has 1 atom stereocenters. The molecule has 0 aliphatic carbocycles. The number of hydrogen-bond donors (Lipinski definition) is 0. The Hall–Kier alpha value is -0.770. The van der Waals surface area contributed by atoms with Crippen LogP contribution in [-0.4, -0.2) is 37.6 Å². The highest BCUT2D eigenvalue weighted by atomic mass is 35.5. The van der Waals surface area contributed by atoms with Crippen LogP contribution in [0.25, 0.3) is 0 Å². The molecule has 0 bridgehead atoms. The highest BCUT2D eigenvalue weighted by Crippen LogP contribution is 2.22. The van der Waals surface area contributed by atoms with Crippen molar-refractivity contribution in [3.63, 3.8) is 0 Å². The molecule has 3 nitrogen and oxygen atoms in total. The molecule has 5 heteroatoms. The Labute approximate surface area is 111 Å². The van der Waals surface area contributed by atoms with Crippen molar-refractivity contribution < 1.29 is 9.53 Å². The predicted molar refractivity (Wildman–Crippen MR) is 69.9 cm³/mol. The summed E-state index contributed by atoms with van der Waals surface area (Å²) in [6.07, 6.45) is -0.191. The van der Waals surface area contributed by atoms with Gasteiger partial charge in [-0.05, 0) is 39.2 Å². The van der Waals surface area contributed by atoms with E-state index in [0.717, 1.165) is 0 Å². The van der Waals surface area contributed by atoms with Crippen molar-refractivity contribution in [1.29, 1.82) is 0 Å². The average Bonchev–Trinajstić information content (AvgIpc) is 2.15. The molecule has 1 aromatic rings. The van der Waals surface area contributed by atoms with Gasteiger partial charge < -0.3 is 9.64 Å². The Balaban J connectivity index is 2.70. The second-order valence-corrected chi connectivity index (χ2v) is 4.95. The standard InChI is InChI=1S/C12H15Cl2NO2/c1-8(7-15(2)3)17-12(16)10-5-4-9(13)6-11(10)14/h4-6,8H,7H2,1-3H3. The Morgan fingerprint density at radius 1 is 1.41 bits per heavy atom. The number of esters is 1. The summed E-state index contributed by atoms with van der Waals surface area (Å²) in [6, 6.07) is 4.70. The summed E-state index contributed by atoms with van der Waals surface area (Å²) in [5.41, 5.74) is 0.335. The number of carbonyl (C=O) groups is 1. The van der Waals surface area contributed by atoms with Crippen LogP contribution in [0.1, 0.15) is 17.3 Å². The van der Waals surface area contributed by atoms with E-state index >= 15 is 0 Å². The molecule has 0 spiro atoms. The zero-order valence-electron chi connectivity index (χ0n) is 10.0. The van der Waals surface area contributed by atoms with E-state index in [1.54, 1.807) is 12.1 Å². The topological polar surface area (TPSA) is 29.5 Å². The molecular weight excluding hydrogens is 261 g/mol. The highest BCUT2D eigenvalue weighted by Gasteiger charge is 2.15. The lowest BCUT2D eigenvalue weighted by atomic mass is 10.2. The van der Waals surface area contributed by atoms with Crippen molar-refractivity contribution >= 4 is 29.2 Å². The van der Waals surface area contributed by atoms with Crippen molar-refractivity contribution in [2.24, 2.45) is 0 Å². The van der Waals surface area contributed by atoms with E-state index in [-0.39, 0.29) is 6.10 Å². The Morgan fingerprint density at radius 2 is 2.06 bits per heavy atom. The first-order valence-electron chi connectivity index (χ1n) is 5.21. The molecule has 94 valence electrons. The molecule has 0 heterocycles. The second kappa shape index (κ2) is 6.24. The van der Waals surface area contributed by atoms with Gasteiger partial charge in [0, 0.05) is 11.6 Å². The van der Waals surface area contributed by atoms with E-state index in [1.807, 2.05) is 25.9 Å². The maximum absolute atomic E-state index is 11.8. The van der Waals surface area contributed by atoms with E-state index in [9.17, 15) is 4.79 Å². The largest absolute Gasteiger partial charge is 0.458 e. The minimum absolute atomic E-state index is 0.191. The van der Waals surface area contributed by atoms with Gasteiger partial charge in [-0.2, -0.15) is 0 Å². The summed E-state index contributed by atoms with van der Waals surface area (Å²) in [4.78, 5) is 13.7. The van der Waals surface area contributed by atoms with Crippen LogP contribution < -0.4 is 0 Å². The lowest BCUT2D eigenvalue weighted by Gasteiger charge is -2.17. The number of rotatable bonds is 4. The molecule has 0 saturated carbocycles. The Morgan fingerprint density at radius 3 is 2.59 bits per heavy atom. The molecule has 0 radical (unpaired) electrons. The van der Waals surface area contributed by atoms with E-state index < -0.39 is 5.97 Å². The van der Waals surface area contributed by atoms with Crippen LogP contribution in [0.3, 0.4) is 0 Å². The third-order valence-electron chi connectivity index (χ3n) is 2.08. The SMILES string of the molecule is CC(CN(C)C)OC(=O)c1ccc(Cl)cc1Cl. The Bertz CT molecular complexity index is 407. The fourth-order valence-corrected chi connectivity index (χ4v) is 1.94. The molecule has 0 aliphatic heterocycles. The van der Waals surface area contributed by atoms with Crippen LogP contribution in [0.15, 0.2) is 18.2 Å². The molecule has 0 N–H and O–H groups in total. The van der Waals surface area contributed by atoms with Crippen LogP contribution in [0, 0.1) is 0 Å². The zero-order chi connectivity index (χ0) is 13.0. The molecule has 0 aliphatic rings. The number of benzene rings is 1. The van der Waals surface area contributed by atoms with Crippen molar-refractivity contribution in [1.82, 2.24) is 4.90 Å². The number of nitrogens with zero attached hydrogens (tertiary/aromatic N) is 1. The first kappa shape index (κ1) is 14.3. The van der Waals surface area contributed by atoms with Gasteiger partial charge in [-0.15, -0.1) is 0 Å². The molecule has 0 aromatic heterocycles. The maximum atomic E-state index is 11.8. The lowest BCUT2D eigenvalue weighted by molar-refractivity contribution is 0.0289. The summed E-state index contributed by atoms with van der Waals surface area (Å²) in [5.74, 6) is -0.430.